The molecule has 0 saturated carbocycles. The molecule has 25 heavy (non-hydrogen) atoms. The Bertz CT molecular complexity index is 897. The van der Waals surface area contributed by atoms with Crippen LogP contribution in [0.3, 0.4) is 0 Å². The number of hydrogen-bond acceptors (Lipinski definition) is 4. The van der Waals surface area contributed by atoms with Crippen LogP contribution in [0.25, 0.3) is 0 Å². The van der Waals surface area contributed by atoms with Crippen molar-refractivity contribution in [1.29, 1.82) is 0 Å². The lowest BCUT2D eigenvalue weighted by molar-refractivity contribution is 0.0468. The molecule has 8 heteroatoms. The fraction of sp³-hybridized carbons (Fsp3) is 0.235. The van der Waals surface area contributed by atoms with E-state index in [1.54, 1.807) is 0 Å². The molecule has 1 saturated heterocycles. The van der Waals surface area contributed by atoms with Crippen LogP contribution >= 0.6 is 0 Å². The number of hydrogen-bond donors (Lipinski definition) is 0. The summed E-state index contributed by atoms with van der Waals surface area (Å²) in [6, 6.07) is 9.54. The zero-order chi connectivity index (χ0) is 18.0. The first-order chi connectivity index (χ1) is 11.9. The van der Waals surface area contributed by atoms with Gasteiger partial charge in [-0.05, 0) is 36.8 Å². The van der Waals surface area contributed by atoms with Crippen LogP contribution in [0.15, 0.2) is 42.5 Å². The van der Waals surface area contributed by atoms with Crippen LogP contribution in [-0.2, 0) is 21.4 Å². The Hall–Kier alpha value is -2.48. The third-order valence-electron chi connectivity index (χ3n) is 3.88. The van der Waals surface area contributed by atoms with Crippen molar-refractivity contribution >= 4 is 21.7 Å². The second kappa shape index (κ2) is 6.79. The van der Waals surface area contributed by atoms with E-state index in [0.717, 1.165) is 6.07 Å². The molecule has 0 radical (unpaired) electrons. The quantitative estimate of drug-likeness (QED) is 0.780. The Balaban J connectivity index is 1.68. The van der Waals surface area contributed by atoms with Gasteiger partial charge < -0.3 is 4.74 Å². The van der Waals surface area contributed by atoms with Gasteiger partial charge in [0.05, 0.1) is 17.0 Å². The zero-order valence-corrected chi connectivity index (χ0v) is 13.9. The van der Waals surface area contributed by atoms with Gasteiger partial charge in [-0.25, -0.2) is 22.0 Å². The molecule has 1 fully saturated rings. The smallest absolute Gasteiger partial charge is 0.338 e. The number of carbonyl (C=O) groups is 1. The fourth-order valence-electron chi connectivity index (χ4n) is 2.58. The molecule has 5 nitrogen and oxygen atoms in total. The Morgan fingerprint density at radius 3 is 2.48 bits per heavy atom. The third kappa shape index (κ3) is 3.63. The number of nitrogens with zero attached hydrogens (tertiary/aromatic N) is 1. The third-order valence-corrected chi connectivity index (χ3v) is 5.75. The lowest BCUT2D eigenvalue weighted by Crippen LogP contribution is -2.25. The molecule has 0 amide bonds. The second-order valence-electron chi connectivity index (χ2n) is 5.58. The van der Waals surface area contributed by atoms with E-state index in [1.165, 1.54) is 40.7 Å². The molecular weight excluding hydrogens is 352 g/mol. The number of anilines is 1. The van der Waals surface area contributed by atoms with Crippen molar-refractivity contribution in [3.63, 3.8) is 0 Å². The molecule has 0 aliphatic carbocycles. The first-order valence-corrected chi connectivity index (χ1v) is 9.20. The maximum absolute atomic E-state index is 13.5. The molecule has 0 bridgehead atoms. The Morgan fingerprint density at radius 2 is 1.84 bits per heavy atom. The molecule has 0 aromatic heterocycles. The van der Waals surface area contributed by atoms with Crippen molar-refractivity contribution in [2.75, 3.05) is 16.6 Å². The highest BCUT2D eigenvalue weighted by atomic mass is 32.2. The summed E-state index contributed by atoms with van der Waals surface area (Å²) in [4.78, 5) is 12.0. The summed E-state index contributed by atoms with van der Waals surface area (Å²) in [6.45, 7) is 0.00958. The van der Waals surface area contributed by atoms with Crippen molar-refractivity contribution in [2.45, 2.75) is 13.0 Å². The van der Waals surface area contributed by atoms with Gasteiger partial charge in [0, 0.05) is 12.1 Å². The Morgan fingerprint density at radius 1 is 1.12 bits per heavy atom. The predicted molar refractivity (Wildman–Crippen MR) is 87.7 cm³/mol. The maximum Gasteiger partial charge on any atom is 0.338 e. The highest BCUT2D eigenvalue weighted by Crippen LogP contribution is 2.24. The number of ether oxygens (including phenoxy) is 1. The van der Waals surface area contributed by atoms with Gasteiger partial charge in [0.25, 0.3) is 0 Å². The summed E-state index contributed by atoms with van der Waals surface area (Å²) >= 11 is 0. The van der Waals surface area contributed by atoms with Gasteiger partial charge in [-0.2, -0.15) is 0 Å². The molecule has 1 aliphatic heterocycles. The van der Waals surface area contributed by atoms with Gasteiger partial charge >= 0.3 is 5.97 Å². The molecule has 2 aromatic carbocycles. The van der Waals surface area contributed by atoms with Crippen molar-refractivity contribution in [3.8, 4) is 0 Å². The number of sulfonamides is 1. The number of esters is 1. The van der Waals surface area contributed by atoms with Crippen LogP contribution in [-0.4, -0.2) is 26.7 Å². The van der Waals surface area contributed by atoms with E-state index < -0.39 is 34.2 Å². The van der Waals surface area contributed by atoms with Crippen molar-refractivity contribution in [2.24, 2.45) is 0 Å². The first-order valence-electron chi connectivity index (χ1n) is 7.59. The molecule has 0 atom stereocenters. The Kier molecular flexibility index (Phi) is 4.71. The van der Waals surface area contributed by atoms with Gasteiger partial charge in [0.2, 0.25) is 10.0 Å². The normalized spacial score (nSPS) is 16.0. The van der Waals surface area contributed by atoms with Crippen molar-refractivity contribution < 1.29 is 26.7 Å². The summed E-state index contributed by atoms with van der Waals surface area (Å²) < 4.78 is 56.6. The van der Waals surface area contributed by atoms with E-state index in [9.17, 15) is 22.0 Å². The zero-order valence-electron chi connectivity index (χ0n) is 13.1. The standard InChI is InChI=1S/C17H15F2NO4S/c18-15-4-1-3-13(16(15)19)11-24-17(21)12-5-7-14(8-6-12)20-9-2-10-25(20,22)23/h1,3-8H,2,9-11H2. The molecule has 0 N–H and O–H groups in total. The molecule has 2 aromatic rings. The van der Waals surface area contributed by atoms with Gasteiger partial charge in [-0.3, -0.25) is 4.31 Å². The molecule has 3 rings (SSSR count). The SMILES string of the molecule is O=C(OCc1cccc(F)c1F)c1ccc(N2CCCS2(=O)=O)cc1. The van der Waals surface area contributed by atoms with Crippen LogP contribution < -0.4 is 4.31 Å². The van der Waals surface area contributed by atoms with Gasteiger partial charge in [-0.15, -0.1) is 0 Å². The lowest BCUT2D eigenvalue weighted by Gasteiger charge is -2.16. The maximum atomic E-state index is 13.5. The Labute approximate surface area is 143 Å². The van der Waals surface area contributed by atoms with E-state index >= 15 is 0 Å². The highest BCUT2D eigenvalue weighted by molar-refractivity contribution is 7.93. The topological polar surface area (TPSA) is 63.7 Å². The summed E-state index contributed by atoms with van der Waals surface area (Å²) in [5.74, 6) is -2.66. The van der Waals surface area contributed by atoms with Gasteiger partial charge in [0.1, 0.15) is 6.61 Å². The van der Waals surface area contributed by atoms with Gasteiger partial charge in [0.15, 0.2) is 11.6 Å². The summed E-state index contributed by atoms with van der Waals surface area (Å²) in [5.41, 5.74) is 0.607. The van der Waals surface area contributed by atoms with E-state index in [2.05, 4.69) is 0 Å². The highest BCUT2D eigenvalue weighted by Gasteiger charge is 2.28. The fourth-order valence-corrected chi connectivity index (χ4v) is 4.14. The van der Waals surface area contributed by atoms with E-state index in [4.69, 9.17) is 4.74 Å². The summed E-state index contributed by atoms with van der Waals surface area (Å²) in [5, 5.41) is 0. The van der Waals surface area contributed by atoms with Crippen molar-refractivity contribution in [1.82, 2.24) is 0 Å². The van der Waals surface area contributed by atoms with Crippen LogP contribution in [0.4, 0.5) is 14.5 Å². The minimum absolute atomic E-state index is 0.0619. The molecule has 0 spiro atoms. The number of rotatable bonds is 4. The number of benzene rings is 2. The average Bonchev–Trinajstić information content (AvgIpc) is 2.95. The van der Waals surface area contributed by atoms with E-state index in [-0.39, 0.29) is 16.9 Å². The summed E-state index contributed by atoms with van der Waals surface area (Å²) in [6.07, 6.45) is 0.561. The summed E-state index contributed by atoms with van der Waals surface area (Å²) in [7, 11) is -3.29. The predicted octanol–water partition coefficient (Wildman–Crippen LogP) is 2.86. The van der Waals surface area contributed by atoms with Crippen molar-refractivity contribution in [3.05, 3.63) is 65.2 Å². The van der Waals surface area contributed by atoms with Crippen LogP contribution in [0.5, 0.6) is 0 Å². The number of halogens is 2. The largest absolute Gasteiger partial charge is 0.457 e. The van der Waals surface area contributed by atoms with Crippen LogP contribution in [0.1, 0.15) is 22.3 Å². The van der Waals surface area contributed by atoms with Gasteiger partial charge in [-0.1, -0.05) is 12.1 Å². The van der Waals surface area contributed by atoms with E-state index in [0.29, 0.717) is 18.7 Å². The second-order valence-corrected chi connectivity index (χ2v) is 7.59. The number of carbonyl (C=O) groups excluding carboxylic acids is 1. The molecule has 1 heterocycles. The average molecular weight is 367 g/mol. The molecule has 0 unspecified atom stereocenters. The first kappa shape index (κ1) is 17.3. The minimum atomic E-state index is -3.29. The van der Waals surface area contributed by atoms with Crippen LogP contribution in [0, 0.1) is 11.6 Å². The minimum Gasteiger partial charge on any atom is -0.457 e. The van der Waals surface area contributed by atoms with E-state index in [1.807, 2.05) is 0 Å². The molecule has 132 valence electrons. The molecular formula is C17H15F2NO4S. The lowest BCUT2D eigenvalue weighted by atomic mass is 10.2. The molecule has 1 aliphatic rings. The van der Waals surface area contributed by atoms with Crippen LogP contribution in [0.2, 0.25) is 0 Å². The monoisotopic (exact) mass is 367 g/mol.